The van der Waals surface area contributed by atoms with E-state index in [-0.39, 0.29) is 5.91 Å². The van der Waals surface area contributed by atoms with Crippen molar-refractivity contribution in [1.82, 2.24) is 10.6 Å². The highest BCUT2D eigenvalue weighted by Gasteiger charge is 2.17. The number of nitrogens with one attached hydrogen (secondary N) is 2. The molecular formula is C15H22ClN3O. The second-order valence-corrected chi connectivity index (χ2v) is 5.51. The summed E-state index contributed by atoms with van der Waals surface area (Å²) in [5.74, 6) is 0.0879. The lowest BCUT2D eigenvalue weighted by molar-refractivity contribution is -0.119. The molecule has 1 aromatic rings. The molecule has 1 heterocycles. The van der Waals surface area contributed by atoms with Gasteiger partial charge in [-0.15, -0.1) is 0 Å². The summed E-state index contributed by atoms with van der Waals surface area (Å²) in [7, 11) is 0. The lowest BCUT2D eigenvalue weighted by Crippen LogP contribution is -2.33. The molecule has 0 atom stereocenters. The van der Waals surface area contributed by atoms with Gasteiger partial charge < -0.3 is 15.5 Å². The van der Waals surface area contributed by atoms with Crippen LogP contribution in [0.1, 0.15) is 25.3 Å². The summed E-state index contributed by atoms with van der Waals surface area (Å²) in [6.07, 6.45) is 2.07. The van der Waals surface area contributed by atoms with Crippen molar-refractivity contribution in [2.75, 3.05) is 31.1 Å². The summed E-state index contributed by atoms with van der Waals surface area (Å²) in [4.78, 5) is 13.9. The zero-order valence-electron chi connectivity index (χ0n) is 11.9. The Kier molecular flexibility index (Phi) is 5.68. The third-order valence-corrected chi connectivity index (χ3v) is 3.62. The third kappa shape index (κ3) is 4.12. The van der Waals surface area contributed by atoms with Gasteiger partial charge in [0.1, 0.15) is 0 Å². The van der Waals surface area contributed by atoms with Gasteiger partial charge in [0.05, 0.1) is 6.54 Å². The van der Waals surface area contributed by atoms with Gasteiger partial charge >= 0.3 is 0 Å². The Morgan fingerprint density at radius 1 is 1.45 bits per heavy atom. The molecule has 1 aromatic carbocycles. The molecule has 1 fully saturated rings. The van der Waals surface area contributed by atoms with Gasteiger partial charge in [-0.1, -0.05) is 18.5 Å². The molecule has 4 nitrogen and oxygen atoms in total. The standard InChI is InChI=1S/C15H22ClN3O/c1-2-6-17-10-12-9-13(16)4-5-14(12)19-8-3-7-18-15(20)11-19/h4-5,9,17H,2-3,6-8,10-11H2,1H3,(H,18,20). The molecule has 0 spiro atoms. The Morgan fingerprint density at radius 3 is 3.10 bits per heavy atom. The number of carbonyl (C=O) groups excluding carboxylic acids is 1. The Bertz CT molecular complexity index is 464. The summed E-state index contributed by atoms with van der Waals surface area (Å²) in [6, 6.07) is 5.90. The van der Waals surface area contributed by atoms with Crippen LogP contribution in [-0.4, -0.2) is 32.1 Å². The molecule has 20 heavy (non-hydrogen) atoms. The van der Waals surface area contributed by atoms with Gasteiger partial charge in [0.15, 0.2) is 0 Å². The fourth-order valence-corrected chi connectivity index (χ4v) is 2.61. The van der Waals surface area contributed by atoms with Crippen LogP contribution in [0.25, 0.3) is 0 Å². The monoisotopic (exact) mass is 295 g/mol. The number of rotatable bonds is 5. The Balaban J connectivity index is 2.17. The average Bonchev–Trinajstić information content (AvgIpc) is 2.64. The third-order valence-electron chi connectivity index (χ3n) is 3.39. The minimum Gasteiger partial charge on any atom is -0.362 e. The van der Waals surface area contributed by atoms with Gasteiger partial charge in [-0.2, -0.15) is 0 Å². The first-order chi connectivity index (χ1) is 9.70. The maximum atomic E-state index is 11.7. The summed E-state index contributed by atoms with van der Waals surface area (Å²) >= 11 is 6.10. The summed E-state index contributed by atoms with van der Waals surface area (Å²) < 4.78 is 0. The van der Waals surface area contributed by atoms with Crippen LogP contribution in [0, 0.1) is 0 Å². The Hall–Kier alpha value is -1.26. The second kappa shape index (κ2) is 7.50. The minimum absolute atomic E-state index is 0.0879. The first-order valence-corrected chi connectivity index (χ1v) is 7.59. The number of amides is 1. The van der Waals surface area contributed by atoms with Crippen molar-refractivity contribution in [3.63, 3.8) is 0 Å². The fraction of sp³-hybridized carbons (Fsp3) is 0.533. The van der Waals surface area contributed by atoms with E-state index >= 15 is 0 Å². The van der Waals surface area contributed by atoms with Crippen LogP contribution in [0.4, 0.5) is 5.69 Å². The summed E-state index contributed by atoms with van der Waals surface area (Å²) in [6.45, 7) is 5.97. The van der Waals surface area contributed by atoms with Crippen molar-refractivity contribution in [3.05, 3.63) is 28.8 Å². The lowest BCUT2D eigenvalue weighted by Gasteiger charge is -2.24. The van der Waals surface area contributed by atoms with Crippen LogP contribution in [0.2, 0.25) is 5.02 Å². The first kappa shape index (κ1) is 15.1. The highest BCUT2D eigenvalue weighted by atomic mass is 35.5. The number of benzene rings is 1. The van der Waals surface area contributed by atoms with Crippen LogP contribution in [0.5, 0.6) is 0 Å². The molecule has 0 saturated carbocycles. The Morgan fingerprint density at radius 2 is 2.30 bits per heavy atom. The zero-order valence-corrected chi connectivity index (χ0v) is 12.7. The molecule has 1 amide bonds. The largest absolute Gasteiger partial charge is 0.362 e. The topological polar surface area (TPSA) is 44.4 Å². The lowest BCUT2D eigenvalue weighted by atomic mass is 10.1. The minimum atomic E-state index is 0.0879. The number of anilines is 1. The predicted molar refractivity (Wildman–Crippen MR) is 83.3 cm³/mol. The normalized spacial score (nSPS) is 15.9. The Labute approximate surface area is 125 Å². The van der Waals surface area contributed by atoms with E-state index in [4.69, 9.17) is 11.6 Å². The van der Waals surface area contributed by atoms with E-state index in [2.05, 4.69) is 22.5 Å². The van der Waals surface area contributed by atoms with Gasteiger partial charge in [-0.25, -0.2) is 0 Å². The van der Waals surface area contributed by atoms with Crippen LogP contribution in [-0.2, 0) is 11.3 Å². The van der Waals surface area contributed by atoms with Gasteiger partial charge in [-0.3, -0.25) is 4.79 Å². The number of hydrogen-bond donors (Lipinski definition) is 2. The van der Waals surface area contributed by atoms with E-state index in [1.165, 1.54) is 0 Å². The van der Waals surface area contributed by atoms with Crippen molar-refractivity contribution in [3.8, 4) is 0 Å². The van der Waals surface area contributed by atoms with Crippen molar-refractivity contribution in [2.45, 2.75) is 26.3 Å². The molecule has 5 heteroatoms. The van der Waals surface area contributed by atoms with Gasteiger partial charge in [0.25, 0.3) is 0 Å². The molecule has 0 aromatic heterocycles. The highest BCUT2D eigenvalue weighted by molar-refractivity contribution is 6.30. The van der Waals surface area contributed by atoms with E-state index in [1.807, 2.05) is 18.2 Å². The molecular weight excluding hydrogens is 274 g/mol. The number of nitrogens with zero attached hydrogens (tertiary/aromatic N) is 1. The quantitative estimate of drug-likeness (QED) is 0.818. The highest BCUT2D eigenvalue weighted by Crippen LogP contribution is 2.25. The zero-order chi connectivity index (χ0) is 14.4. The van der Waals surface area contributed by atoms with E-state index in [0.717, 1.165) is 55.3 Å². The second-order valence-electron chi connectivity index (χ2n) is 5.07. The van der Waals surface area contributed by atoms with Crippen molar-refractivity contribution >= 4 is 23.2 Å². The summed E-state index contributed by atoms with van der Waals surface area (Å²) in [5.41, 5.74) is 2.26. The first-order valence-electron chi connectivity index (χ1n) is 7.21. The predicted octanol–water partition coefficient (Wildman–Crippen LogP) is 2.17. The van der Waals surface area contributed by atoms with Crippen LogP contribution in [0.15, 0.2) is 18.2 Å². The van der Waals surface area contributed by atoms with E-state index in [9.17, 15) is 4.79 Å². The molecule has 0 aliphatic carbocycles. The molecule has 0 unspecified atom stereocenters. The molecule has 2 rings (SSSR count). The fourth-order valence-electron chi connectivity index (χ4n) is 2.42. The molecule has 110 valence electrons. The number of halogens is 1. The van der Waals surface area contributed by atoms with E-state index in [0.29, 0.717) is 6.54 Å². The molecule has 1 aliphatic rings. The smallest absolute Gasteiger partial charge is 0.239 e. The van der Waals surface area contributed by atoms with Gasteiger partial charge in [0.2, 0.25) is 5.91 Å². The number of hydrogen-bond acceptors (Lipinski definition) is 3. The van der Waals surface area contributed by atoms with Crippen molar-refractivity contribution in [1.29, 1.82) is 0 Å². The SMILES string of the molecule is CCCNCc1cc(Cl)ccc1N1CCCNC(=O)C1. The van der Waals surface area contributed by atoms with E-state index in [1.54, 1.807) is 0 Å². The van der Waals surface area contributed by atoms with Crippen LogP contribution >= 0.6 is 11.6 Å². The molecule has 0 bridgehead atoms. The van der Waals surface area contributed by atoms with Crippen molar-refractivity contribution < 1.29 is 4.79 Å². The molecule has 1 aliphatic heterocycles. The van der Waals surface area contributed by atoms with Crippen LogP contribution < -0.4 is 15.5 Å². The maximum Gasteiger partial charge on any atom is 0.239 e. The van der Waals surface area contributed by atoms with Crippen LogP contribution in [0.3, 0.4) is 0 Å². The average molecular weight is 296 g/mol. The van der Waals surface area contributed by atoms with Gasteiger partial charge in [0, 0.05) is 30.3 Å². The van der Waals surface area contributed by atoms with E-state index < -0.39 is 0 Å². The molecule has 0 radical (unpaired) electrons. The molecule has 1 saturated heterocycles. The maximum absolute atomic E-state index is 11.7. The summed E-state index contributed by atoms with van der Waals surface area (Å²) in [5, 5.41) is 7.04. The number of carbonyl (C=O) groups is 1. The van der Waals surface area contributed by atoms with Crippen molar-refractivity contribution in [2.24, 2.45) is 0 Å². The molecule has 2 N–H and O–H groups in total. The van der Waals surface area contributed by atoms with Gasteiger partial charge in [-0.05, 0) is 43.1 Å².